The Kier molecular flexibility index (Phi) is 16.3. The number of aliphatic carboxylic acids is 2. The van der Waals surface area contributed by atoms with E-state index in [0.717, 1.165) is 29.3 Å². The van der Waals surface area contributed by atoms with Gasteiger partial charge in [0.1, 0.15) is 29.9 Å². The smallest absolute Gasteiger partial charge is 0.481 e. The molecule has 20 heteroatoms. The van der Waals surface area contributed by atoms with Crippen molar-refractivity contribution in [2.45, 2.75) is 95.9 Å². The first-order valence-electron chi connectivity index (χ1n) is 17.3. The largest absolute Gasteiger partial charge is 0.592 e. The SMILES string of the molecule is CC(C)CCN[C@@H](CC(=O)O)C(=O)OP(=O)(OC[C@H]1O[C@@H](n2ccc(=O)[nH]c2=O)[C@](C)(O)[C@@H]1O)OC(=O)[C@H](CC(=O)O)NCCC(C)Cc1ccccc1. The molecular formula is C34H49N4O15P. The van der Waals surface area contributed by atoms with Gasteiger partial charge in [-0.25, -0.2) is 18.9 Å². The average molecular weight is 785 g/mol. The van der Waals surface area contributed by atoms with Gasteiger partial charge in [0.2, 0.25) is 0 Å². The van der Waals surface area contributed by atoms with Crippen LogP contribution in [0.2, 0.25) is 0 Å². The topological polar surface area (TPSA) is 282 Å². The van der Waals surface area contributed by atoms with Crippen LogP contribution in [0.1, 0.15) is 65.2 Å². The molecule has 300 valence electrons. The zero-order valence-corrected chi connectivity index (χ0v) is 31.3. The molecule has 2 unspecified atom stereocenters. The molecule has 7 N–H and O–H groups in total. The summed E-state index contributed by atoms with van der Waals surface area (Å²) < 4.78 is 35.9. The standard InChI is InChI=1S/C34H49N4O15P/c1-20(2)10-13-35-23(17-27(40)41)30(45)52-54(49,50-19-25-29(44)34(4,48)32(51-25)38-15-12-26(39)37-33(38)47)53-31(46)24(18-28(42)43)36-14-11-21(3)16-22-8-6-5-7-9-22/h5-9,12,15,20-21,23-25,29,32,35-36,44,48H,10-11,13-14,16-19H2,1-4H3,(H,40,41)(H,42,43)(H,37,39,47)/t21?,23-,24-,25+,29+,32+,34+,54?/m0/s1. The molecule has 2 heterocycles. The highest BCUT2D eigenvalue weighted by Gasteiger charge is 2.54. The van der Waals surface area contributed by atoms with Crippen molar-refractivity contribution in [1.29, 1.82) is 0 Å². The normalized spacial score (nSPS) is 22.5. The third-order valence-corrected chi connectivity index (χ3v) is 9.83. The van der Waals surface area contributed by atoms with Gasteiger partial charge in [0, 0.05) is 12.3 Å². The van der Waals surface area contributed by atoms with Gasteiger partial charge < -0.3 is 44.8 Å². The van der Waals surface area contributed by atoms with Crippen LogP contribution in [-0.2, 0) is 48.5 Å². The summed E-state index contributed by atoms with van der Waals surface area (Å²) in [5.74, 6) is -5.52. The van der Waals surface area contributed by atoms with Crippen molar-refractivity contribution >= 4 is 31.7 Å². The van der Waals surface area contributed by atoms with Gasteiger partial charge in [-0.3, -0.25) is 28.5 Å². The van der Waals surface area contributed by atoms with Gasteiger partial charge in [0.15, 0.2) is 6.23 Å². The molecule has 19 nitrogen and oxygen atoms in total. The maximum Gasteiger partial charge on any atom is 0.592 e. The van der Waals surface area contributed by atoms with Gasteiger partial charge in [-0.15, -0.1) is 0 Å². The Morgan fingerprint density at radius 1 is 0.944 bits per heavy atom. The molecule has 1 aromatic heterocycles. The number of H-pyrrole nitrogens is 1. The maximum atomic E-state index is 14.1. The molecule has 0 bridgehead atoms. The summed E-state index contributed by atoms with van der Waals surface area (Å²) in [6, 6.07) is 7.32. The van der Waals surface area contributed by atoms with Gasteiger partial charge >= 0.3 is 37.4 Å². The van der Waals surface area contributed by atoms with Crippen LogP contribution in [0.4, 0.5) is 0 Å². The van der Waals surface area contributed by atoms with Crippen LogP contribution in [0.25, 0.3) is 0 Å². The summed E-state index contributed by atoms with van der Waals surface area (Å²) in [5, 5.41) is 46.4. The molecule has 0 spiro atoms. The summed E-state index contributed by atoms with van der Waals surface area (Å²) in [6.07, 6.45) is -4.14. The van der Waals surface area contributed by atoms with Crippen LogP contribution >= 0.6 is 7.82 Å². The van der Waals surface area contributed by atoms with E-state index < -0.39 is 98.5 Å². The first kappa shape index (κ1) is 44.2. The molecular weight excluding hydrogens is 735 g/mol. The summed E-state index contributed by atoms with van der Waals surface area (Å²) in [6.45, 7) is 6.07. The Labute approximate surface area is 310 Å². The highest BCUT2D eigenvalue weighted by atomic mass is 31.2. The van der Waals surface area contributed by atoms with Crippen LogP contribution < -0.4 is 21.9 Å². The summed E-state index contributed by atoms with van der Waals surface area (Å²) in [4.78, 5) is 75.9. The fourth-order valence-electron chi connectivity index (χ4n) is 5.57. The molecule has 0 aliphatic carbocycles. The van der Waals surface area contributed by atoms with Crippen molar-refractivity contribution in [1.82, 2.24) is 20.2 Å². The molecule has 1 aliphatic heterocycles. The molecule has 1 fully saturated rings. The first-order chi connectivity index (χ1) is 25.3. The number of carboxylic acids is 2. The van der Waals surface area contributed by atoms with E-state index >= 15 is 0 Å². The van der Waals surface area contributed by atoms with Gasteiger partial charge in [-0.1, -0.05) is 51.1 Å². The molecule has 8 atom stereocenters. The predicted molar refractivity (Wildman–Crippen MR) is 189 cm³/mol. The van der Waals surface area contributed by atoms with Crippen molar-refractivity contribution in [2.75, 3.05) is 19.7 Å². The van der Waals surface area contributed by atoms with E-state index in [1.165, 1.54) is 0 Å². The third kappa shape index (κ3) is 13.3. The zero-order valence-electron chi connectivity index (χ0n) is 30.4. The number of aromatic amines is 1. The minimum absolute atomic E-state index is 0.0945. The van der Waals surface area contributed by atoms with Crippen LogP contribution in [0.3, 0.4) is 0 Å². The lowest BCUT2D eigenvalue weighted by Gasteiger charge is -2.27. The van der Waals surface area contributed by atoms with Gasteiger partial charge in [0.25, 0.3) is 5.56 Å². The lowest BCUT2D eigenvalue weighted by Crippen LogP contribution is -2.47. The minimum atomic E-state index is -5.46. The number of aliphatic hydroxyl groups excluding tert-OH is 1. The minimum Gasteiger partial charge on any atom is -0.481 e. The average Bonchev–Trinajstić information content (AvgIpc) is 3.29. The van der Waals surface area contributed by atoms with Crippen molar-refractivity contribution in [3.05, 3.63) is 69.0 Å². The number of carbonyl (C=O) groups excluding carboxylic acids is 2. The summed E-state index contributed by atoms with van der Waals surface area (Å²) >= 11 is 0. The quantitative estimate of drug-likeness (QED) is 0.0818. The second-order valence-corrected chi connectivity index (χ2v) is 15.3. The number of phosphoric ester groups is 1. The fraction of sp³-hybridized carbons (Fsp3) is 0.588. The van der Waals surface area contributed by atoms with E-state index in [1.54, 1.807) is 0 Å². The van der Waals surface area contributed by atoms with E-state index in [1.807, 2.05) is 56.1 Å². The number of rotatable bonds is 22. The van der Waals surface area contributed by atoms with E-state index in [2.05, 4.69) is 10.6 Å². The van der Waals surface area contributed by atoms with Crippen molar-refractivity contribution < 1.29 is 62.5 Å². The number of ether oxygens (including phenoxy) is 1. The zero-order chi connectivity index (χ0) is 40.2. The maximum absolute atomic E-state index is 14.1. The van der Waals surface area contributed by atoms with Crippen molar-refractivity contribution in [3.63, 3.8) is 0 Å². The molecule has 1 aliphatic rings. The van der Waals surface area contributed by atoms with E-state index in [0.29, 0.717) is 19.3 Å². The number of phosphoric acid groups is 1. The molecule has 0 radical (unpaired) electrons. The van der Waals surface area contributed by atoms with Crippen LogP contribution in [0, 0.1) is 11.8 Å². The summed E-state index contributed by atoms with van der Waals surface area (Å²) in [7, 11) is -5.46. The Morgan fingerprint density at radius 2 is 1.50 bits per heavy atom. The number of aromatic nitrogens is 2. The Morgan fingerprint density at radius 3 is 2.02 bits per heavy atom. The Balaban J connectivity index is 1.84. The van der Waals surface area contributed by atoms with Crippen LogP contribution in [0.15, 0.2) is 52.2 Å². The Bertz CT molecular complexity index is 1750. The molecule has 1 saturated heterocycles. The van der Waals surface area contributed by atoms with Gasteiger partial charge in [-0.05, 0) is 56.7 Å². The molecule has 2 aromatic rings. The second-order valence-electron chi connectivity index (χ2n) is 13.8. The number of carboxylic acid groups (broad SMARTS) is 2. The number of hydrogen-bond donors (Lipinski definition) is 7. The van der Waals surface area contributed by atoms with Crippen molar-refractivity contribution in [3.8, 4) is 0 Å². The van der Waals surface area contributed by atoms with E-state index in [4.69, 9.17) is 18.3 Å². The highest BCUT2D eigenvalue weighted by Crippen LogP contribution is 2.51. The van der Waals surface area contributed by atoms with Crippen LogP contribution in [0.5, 0.6) is 0 Å². The number of aliphatic hydroxyl groups is 2. The molecule has 54 heavy (non-hydrogen) atoms. The number of carbonyl (C=O) groups is 4. The van der Waals surface area contributed by atoms with Crippen LogP contribution in [-0.4, -0.2) is 103 Å². The van der Waals surface area contributed by atoms with Gasteiger partial charge in [0.05, 0.1) is 19.4 Å². The first-order valence-corrected chi connectivity index (χ1v) is 18.8. The second kappa shape index (κ2) is 19.9. The Hall–Kier alpha value is -4.23. The highest BCUT2D eigenvalue weighted by molar-refractivity contribution is 7.49. The molecule has 0 amide bonds. The number of hydrogen-bond acceptors (Lipinski definition) is 15. The molecule has 1 aromatic carbocycles. The number of nitrogens with one attached hydrogen (secondary N) is 3. The third-order valence-electron chi connectivity index (χ3n) is 8.55. The number of nitrogens with zero attached hydrogens (tertiary/aromatic N) is 1. The fourth-order valence-corrected chi connectivity index (χ4v) is 6.74. The monoisotopic (exact) mass is 784 g/mol. The van der Waals surface area contributed by atoms with Gasteiger partial charge in [-0.2, -0.15) is 0 Å². The lowest BCUT2D eigenvalue weighted by atomic mass is 9.96. The van der Waals surface area contributed by atoms with E-state index in [-0.39, 0.29) is 24.9 Å². The summed E-state index contributed by atoms with van der Waals surface area (Å²) in [5.41, 5.74) is -2.91. The molecule has 0 saturated carbocycles. The predicted octanol–water partition coefficient (Wildman–Crippen LogP) is 0.938. The number of benzene rings is 1. The van der Waals surface area contributed by atoms with E-state index in [9.17, 15) is 53.8 Å². The van der Waals surface area contributed by atoms with Crippen molar-refractivity contribution in [2.24, 2.45) is 11.8 Å². The lowest BCUT2D eigenvalue weighted by molar-refractivity contribution is -0.149. The molecule has 3 rings (SSSR count).